The molecule has 0 aromatic carbocycles. The number of nitrogens with zero attached hydrogens (tertiary/aromatic N) is 2. The van der Waals surface area contributed by atoms with E-state index in [-0.39, 0.29) is 36.5 Å². The summed E-state index contributed by atoms with van der Waals surface area (Å²) in [4.78, 5) is 40.9. The van der Waals surface area contributed by atoms with E-state index in [1.54, 1.807) is 19.2 Å². The molecule has 1 aromatic rings. The molecule has 4 rings (SSSR count). The normalized spacial score (nSPS) is 25.4. The average Bonchev–Trinajstić information content (AvgIpc) is 3.68. The predicted octanol–water partition coefficient (Wildman–Crippen LogP) is 4.50. The number of esters is 1. The third-order valence-corrected chi connectivity index (χ3v) is 8.89. The molecule has 7 nitrogen and oxygen atoms in total. The van der Waals surface area contributed by atoms with Crippen LogP contribution in [-0.2, 0) is 16.1 Å². The molecule has 0 unspecified atom stereocenters. The van der Waals surface area contributed by atoms with Gasteiger partial charge >= 0.3 is 5.97 Å². The number of amides is 1. The summed E-state index contributed by atoms with van der Waals surface area (Å²) in [6.07, 6.45) is 11.1. The minimum absolute atomic E-state index is 0.0141. The summed E-state index contributed by atoms with van der Waals surface area (Å²) in [5.74, 6) is 0.612. The largest absolute Gasteiger partial charge is 0.462 e. The van der Waals surface area contributed by atoms with Crippen molar-refractivity contribution < 1.29 is 19.4 Å². The molecular formula is C29H44N2O5. The van der Waals surface area contributed by atoms with Gasteiger partial charge in [0.05, 0.1) is 24.3 Å². The van der Waals surface area contributed by atoms with Crippen molar-refractivity contribution in [2.24, 2.45) is 17.3 Å². The van der Waals surface area contributed by atoms with Gasteiger partial charge in [0.1, 0.15) is 0 Å². The van der Waals surface area contributed by atoms with Gasteiger partial charge in [0, 0.05) is 36.7 Å². The van der Waals surface area contributed by atoms with Gasteiger partial charge in [-0.15, -0.1) is 0 Å². The standard InChI is InChI=1S/C29H44N2O5/c1-5-36-27(34)24-17-31(25(32)16-23(24)22-11-12-22)19-29(35)13-14-30(18-28(29,3)4)26(33)20(2)15-21-9-7-6-8-10-21/h16-17,20-22,35H,5-15,18-19H2,1-4H3/t20-,29-/m1/s1. The Morgan fingerprint density at radius 3 is 2.47 bits per heavy atom. The second kappa shape index (κ2) is 10.7. The average molecular weight is 501 g/mol. The van der Waals surface area contributed by atoms with Gasteiger partial charge in [-0.2, -0.15) is 0 Å². The minimum atomic E-state index is -1.19. The number of pyridine rings is 1. The smallest absolute Gasteiger partial charge is 0.339 e. The van der Waals surface area contributed by atoms with E-state index in [1.807, 2.05) is 25.7 Å². The van der Waals surface area contributed by atoms with Crippen molar-refractivity contribution >= 4 is 11.9 Å². The lowest BCUT2D eigenvalue weighted by Gasteiger charge is -2.51. The van der Waals surface area contributed by atoms with Gasteiger partial charge in [-0.1, -0.05) is 52.9 Å². The molecule has 1 saturated heterocycles. The zero-order valence-corrected chi connectivity index (χ0v) is 22.6. The van der Waals surface area contributed by atoms with Crippen molar-refractivity contribution in [1.29, 1.82) is 0 Å². The van der Waals surface area contributed by atoms with Crippen LogP contribution in [0.5, 0.6) is 0 Å². The monoisotopic (exact) mass is 500 g/mol. The van der Waals surface area contributed by atoms with Crippen molar-refractivity contribution in [1.82, 2.24) is 9.47 Å². The van der Waals surface area contributed by atoms with E-state index in [2.05, 4.69) is 0 Å². The maximum Gasteiger partial charge on any atom is 0.339 e. The Balaban J connectivity index is 1.48. The Labute approximate surface area is 215 Å². The van der Waals surface area contributed by atoms with Crippen LogP contribution in [0.25, 0.3) is 0 Å². The van der Waals surface area contributed by atoms with Crippen molar-refractivity contribution in [3.8, 4) is 0 Å². The summed E-state index contributed by atoms with van der Waals surface area (Å²) in [5, 5.41) is 11.8. The van der Waals surface area contributed by atoms with Crippen LogP contribution in [0.2, 0.25) is 0 Å². The SMILES string of the molecule is CCOC(=O)c1cn(C[C@]2(O)CCN(C(=O)[C@H](C)CC3CCCCC3)CC2(C)C)c(=O)cc1C1CC1. The maximum atomic E-state index is 13.3. The molecule has 2 aliphatic carbocycles. The highest BCUT2D eigenvalue weighted by atomic mass is 16.5. The first kappa shape index (κ1) is 26.9. The summed E-state index contributed by atoms with van der Waals surface area (Å²) in [6.45, 7) is 8.99. The van der Waals surface area contributed by atoms with E-state index in [1.165, 1.54) is 36.7 Å². The Morgan fingerprint density at radius 2 is 1.86 bits per heavy atom. The van der Waals surface area contributed by atoms with Crippen LogP contribution in [0, 0.1) is 17.3 Å². The third kappa shape index (κ3) is 5.71. The van der Waals surface area contributed by atoms with E-state index in [9.17, 15) is 19.5 Å². The zero-order valence-electron chi connectivity index (χ0n) is 22.6. The number of carbonyl (C=O) groups is 2. The van der Waals surface area contributed by atoms with E-state index in [4.69, 9.17) is 4.74 Å². The number of aromatic nitrogens is 1. The predicted molar refractivity (Wildman–Crippen MR) is 139 cm³/mol. The molecule has 2 heterocycles. The lowest BCUT2D eigenvalue weighted by Crippen LogP contribution is -2.61. The summed E-state index contributed by atoms with van der Waals surface area (Å²) in [5.41, 5.74) is -0.844. The fourth-order valence-electron chi connectivity index (χ4n) is 6.28. The number of likely N-dealkylation sites (tertiary alicyclic amines) is 1. The number of hydrogen-bond acceptors (Lipinski definition) is 5. The highest BCUT2D eigenvalue weighted by Gasteiger charge is 2.49. The van der Waals surface area contributed by atoms with Gasteiger partial charge in [-0.3, -0.25) is 9.59 Å². The van der Waals surface area contributed by atoms with Crippen molar-refractivity contribution in [2.45, 2.75) is 104 Å². The zero-order chi connectivity index (χ0) is 26.1. The molecule has 7 heteroatoms. The van der Waals surface area contributed by atoms with Crippen LogP contribution in [0.15, 0.2) is 17.1 Å². The number of carbonyl (C=O) groups excluding carboxylic acids is 2. The number of hydrogen-bond donors (Lipinski definition) is 1. The van der Waals surface area contributed by atoms with E-state index in [0.29, 0.717) is 31.0 Å². The lowest BCUT2D eigenvalue weighted by molar-refractivity contribution is -0.157. The van der Waals surface area contributed by atoms with E-state index < -0.39 is 17.0 Å². The molecule has 2 atom stereocenters. The van der Waals surface area contributed by atoms with Crippen molar-refractivity contribution in [3.05, 3.63) is 33.7 Å². The molecule has 36 heavy (non-hydrogen) atoms. The highest BCUT2D eigenvalue weighted by Crippen LogP contribution is 2.43. The molecule has 1 aromatic heterocycles. The van der Waals surface area contributed by atoms with Crippen LogP contribution in [0.4, 0.5) is 0 Å². The van der Waals surface area contributed by atoms with E-state index >= 15 is 0 Å². The second-order valence-electron chi connectivity index (χ2n) is 12.2. The Kier molecular flexibility index (Phi) is 7.98. The summed E-state index contributed by atoms with van der Waals surface area (Å²) in [6, 6.07) is 1.55. The van der Waals surface area contributed by atoms with Crippen LogP contribution in [0.1, 0.15) is 107 Å². The molecule has 3 aliphatic rings. The fraction of sp³-hybridized carbons (Fsp3) is 0.759. The molecule has 0 spiro atoms. The second-order valence-corrected chi connectivity index (χ2v) is 12.2. The maximum absolute atomic E-state index is 13.3. The van der Waals surface area contributed by atoms with E-state index in [0.717, 1.165) is 24.8 Å². The minimum Gasteiger partial charge on any atom is -0.462 e. The van der Waals surface area contributed by atoms with Gasteiger partial charge in [-0.05, 0) is 50.0 Å². The molecule has 1 N–H and O–H groups in total. The Bertz CT molecular complexity index is 1020. The molecule has 1 aliphatic heterocycles. The Morgan fingerprint density at radius 1 is 1.17 bits per heavy atom. The molecule has 3 fully saturated rings. The highest BCUT2D eigenvalue weighted by molar-refractivity contribution is 5.91. The number of ether oxygens (including phenoxy) is 1. The first-order valence-electron chi connectivity index (χ1n) is 14.0. The lowest BCUT2D eigenvalue weighted by atomic mass is 9.69. The molecule has 1 amide bonds. The van der Waals surface area contributed by atoms with Crippen molar-refractivity contribution in [2.75, 3.05) is 19.7 Å². The number of aliphatic hydroxyl groups is 1. The molecular weight excluding hydrogens is 456 g/mol. The molecule has 0 bridgehead atoms. The van der Waals surface area contributed by atoms with Crippen LogP contribution in [0.3, 0.4) is 0 Å². The summed E-state index contributed by atoms with van der Waals surface area (Å²) in [7, 11) is 0. The van der Waals surface area contributed by atoms with Gasteiger partial charge in [0.15, 0.2) is 0 Å². The molecule has 0 radical (unpaired) electrons. The first-order chi connectivity index (χ1) is 17.0. The van der Waals surface area contributed by atoms with Gasteiger partial charge in [0.25, 0.3) is 5.56 Å². The van der Waals surface area contributed by atoms with Gasteiger partial charge < -0.3 is 19.3 Å². The van der Waals surface area contributed by atoms with Crippen LogP contribution < -0.4 is 5.56 Å². The number of rotatable bonds is 8. The van der Waals surface area contributed by atoms with Gasteiger partial charge in [-0.25, -0.2) is 4.79 Å². The first-order valence-corrected chi connectivity index (χ1v) is 14.0. The van der Waals surface area contributed by atoms with Gasteiger partial charge in [0.2, 0.25) is 5.91 Å². The molecule has 200 valence electrons. The quantitative estimate of drug-likeness (QED) is 0.531. The Hall–Kier alpha value is -2.15. The summed E-state index contributed by atoms with van der Waals surface area (Å²) < 4.78 is 6.72. The van der Waals surface area contributed by atoms with Crippen LogP contribution >= 0.6 is 0 Å². The third-order valence-electron chi connectivity index (χ3n) is 8.89. The van der Waals surface area contributed by atoms with Crippen molar-refractivity contribution in [3.63, 3.8) is 0 Å². The van der Waals surface area contributed by atoms with Crippen LogP contribution in [-0.4, -0.2) is 51.7 Å². The molecule has 2 saturated carbocycles. The fourth-order valence-corrected chi connectivity index (χ4v) is 6.28. The topological polar surface area (TPSA) is 88.8 Å². The number of piperidine rings is 1. The summed E-state index contributed by atoms with van der Waals surface area (Å²) >= 11 is 0.